The molecule has 0 aliphatic heterocycles. The third kappa shape index (κ3) is 7.98. The molecular weight excluding hydrogens is 150 g/mol. The maximum absolute atomic E-state index is 5.87. The van der Waals surface area contributed by atoms with Gasteiger partial charge in [0.05, 0.1) is 0 Å². The Kier molecular flexibility index (Phi) is 8.88. The molecule has 0 aromatic heterocycles. The summed E-state index contributed by atoms with van der Waals surface area (Å²) in [6.45, 7) is 1.87. The van der Waals surface area contributed by atoms with Crippen LogP contribution in [0.1, 0.15) is 32.1 Å². The predicted octanol–water partition coefficient (Wildman–Crippen LogP) is 0.442. The standard InChI is InChI=1S/C9H23N3/c1-12-8-3-2-5-9(11)6-4-7-10/h9,12H,2-8,10-11H2,1H3. The molecule has 74 valence electrons. The lowest BCUT2D eigenvalue weighted by Gasteiger charge is -2.09. The minimum Gasteiger partial charge on any atom is -0.330 e. The summed E-state index contributed by atoms with van der Waals surface area (Å²) in [5.41, 5.74) is 11.3. The Morgan fingerprint density at radius 3 is 2.42 bits per heavy atom. The van der Waals surface area contributed by atoms with E-state index in [1.54, 1.807) is 0 Å². The third-order valence-corrected chi connectivity index (χ3v) is 2.03. The minimum atomic E-state index is 0.366. The summed E-state index contributed by atoms with van der Waals surface area (Å²) in [6, 6.07) is 0.366. The van der Waals surface area contributed by atoms with Crippen molar-refractivity contribution in [3.8, 4) is 0 Å². The molecule has 0 spiro atoms. The Balaban J connectivity index is 3.02. The van der Waals surface area contributed by atoms with Gasteiger partial charge in [0.2, 0.25) is 0 Å². The van der Waals surface area contributed by atoms with Gasteiger partial charge in [0.25, 0.3) is 0 Å². The average molecular weight is 173 g/mol. The molecule has 0 aromatic rings. The lowest BCUT2D eigenvalue weighted by atomic mass is 10.1. The fraction of sp³-hybridized carbons (Fsp3) is 1.00. The highest BCUT2D eigenvalue weighted by Gasteiger charge is 2.00. The van der Waals surface area contributed by atoms with Gasteiger partial charge >= 0.3 is 0 Å². The van der Waals surface area contributed by atoms with Crippen LogP contribution in [0, 0.1) is 0 Å². The van der Waals surface area contributed by atoms with E-state index < -0.39 is 0 Å². The second-order valence-corrected chi connectivity index (χ2v) is 3.29. The molecule has 0 rings (SSSR count). The zero-order valence-electron chi connectivity index (χ0n) is 8.18. The Morgan fingerprint density at radius 1 is 1.17 bits per heavy atom. The highest BCUT2D eigenvalue weighted by Crippen LogP contribution is 2.03. The van der Waals surface area contributed by atoms with E-state index in [9.17, 15) is 0 Å². The monoisotopic (exact) mass is 173 g/mol. The topological polar surface area (TPSA) is 64.1 Å². The molecule has 0 saturated carbocycles. The van der Waals surface area contributed by atoms with Gasteiger partial charge in [-0.05, 0) is 45.8 Å². The molecule has 0 amide bonds. The number of nitrogens with two attached hydrogens (primary N) is 2. The van der Waals surface area contributed by atoms with E-state index >= 15 is 0 Å². The summed E-state index contributed by atoms with van der Waals surface area (Å²) < 4.78 is 0. The molecule has 12 heavy (non-hydrogen) atoms. The van der Waals surface area contributed by atoms with Crippen LogP contribution in [-0.2, 0) is 0 Å². The number of hydrogen-bond donors (Lipinski definition) is 3. The van der Waals surface area contributed by atoms with Gasteiger partial charge < -0.3 is 16.8 Å². The molecule has 1 atom stereocenters. The van der Waals surface area contributed by atoms with E-state index in [0.717, 1.165) is 32.4 Å². The van der Waals surface area contributed by atoms with Crippen LogP contribution in [0.15, 0.2) is 0 Å². The Bertz CT molecular complexity index is 85.8. The van der Waals surface area contributed by atoms with Gasteiger partial charge in [-0.15, -0.1) is 0 Å². The Hall–Kier alpha value is -0.120. The van der Waals surface area contributed by atoms with Crippen LogP contribution in [0.5, 0.6) is 0 Å². The zero-order valence-corrected chi connectivity index (χ0v) is 8.18. The zero-order chi connectivity index (χ0) is 9.23. The van der Waals surface area contributed by atoms with E-state index in [2.05, 4.69) is 5.32 Å². The fourth-order valence-corrected chi connectivity index (χ4v) is 1.23. The molecule has 3 heteroatoms. The SMILES string of the molecule is CNCCCCC(N)CCCN. The molecule has 3 nitrogen and oxygen atoms in total. The van der Waals surface area contributed by atoms with Crippen molar-refractivity contribution in [1.29, 1.82) is 0 Å². The molecule has 0 aromatic carbocycles. The second-order valence-electron chi connectivity index (χ2n) is 3.29. The average Bonchev–Trinajstić information content (AvgIpc) is 2.09. The molecule has 0 radical (unpaired) electrons. The Labute approximate surface area is 75.9 Å². The van der Waals surface area contributed by atoms with Crippen molar-refractivity contribution in [2.24, 2.45) is 11.5 Å². The van der Waals surface area contributed by atoms with Gasteiger partial charge in [-0.2, -0.15) is 0 Å². The molecule has 0 fully saturated rings. The van der Waals surface area contributed by atoms with E-state index in [-0.39, 0.29) is 0 Å². The largest absolute Gasteiger partial charge is 0.330 e. The molecule has 0 saturated heterocycles. The quantitative estimate of drug-likeness (QED) is 0.467. The summed E-state index contributed by atoms with van der Waals surface area (Å²) >= 11 is 0. The first-order valence-electron chi connectivity index (χ1n) is 4.91. The summed E-state index contributed by atoms with van der Waals surface area (Å²) in [5.74, 6) is 0. The smallest absolute Gasteiger partial charge is 0.00393 e. The van der Waals surface area contributed by atoms with Crippen molar-refractivity contribution >= 4 is 0 Å². The molecule has 5 N–H and O–H groups in total. The number of unbranched alkanes of at least 4 members (excludes halogenated alkanes) is 1. The lowest BCUT2D eigenvalue weighted by molar-refractivity contribution is 0.514. The van der Waals surface area contributed by atoms with Crippen molar-refractivity contribution in [1.82, 2.24) is 5.32 Å². The fourth-order valence-electron chi connectivity index (χ4n) is 1.23. The highest BCUT2D eigenvalue weighted by atomic mass is 14.8. The van der Waals surface area contributed by atoms with Crippen LogP contribution in [0.3, 0.4) is 0 Å². The van der Waals surface area contributed by atoms with Crippen molar-refractivity contribution < 1.29 is 0 Å². The lowest BCUT2D eigenvalue weighted by Crippen LogP contribution is -2.21. The van der Waals surface area contributed by atoms with Crippen LogP contribution >= 0.6 is 0 Å². The van der Waals surface area contributed by atoms with Crippen molar-refractivity contribution in [3.05, 3.63) is 0 Å². The van der Waals surface area contributed by atoms with Crippen molar-refractivity contribution in [2.45, 2.75) is 38.1 Å². The van der Waals surface area contributed by atoms with Crippen LogP contribution in [0.2, 0.25) is 0 Å². The molecule has 0 aliphatic carbocycles. The van der Waals surface area contributed by atoms with Crippen LogP contribution in [0.25, 0.3) is 0 Å². The van der Waals surface area contributed by atoms with Crippen molar-refractivity contribution in [3.63, 3.8) is 0 Å². The Morgan fingerprint density at radius 2 is 1.83 bits per heavy atom. The highest BCUT2D eigenvalue weighted by molar-refractivity contribution is 4.61. The van der Waals surface area contributed by atoms with E-state index in [4.69, 9.17) is 11.5 Å². The van der Waals surface area contributed by atoms with Gasteiger partial charge in [0.15, 0.2) is 0 Å². The number of nitrogens with one attached hydrogen (secondary N) is 1. The van der Waals surface area contributed by atoms with Crippen LogP contribution < -0.4 is 16.8 Å². The summed E-state index contributed by atoms with van der Waals surface area (Å²) in [4.78, 5) is 0. The predicted molar refractivity (Wildman–Crippen MR) is 54.0 cm³/mol. The third-order valence-electron chi connectivity index (χ3n) is 2.03. The maximum Gasteiger partial charge on any atom is 0.00393 e. The first-order valence-corrected chi connectivity index (χ1v) is 4.91. The van der Waals surface area contributed by atoms with Gasteiger partial charge in [-0.25, -0.2) is 0 Å². The van der Waals surface area contributed by atoms with Gasteiger partial charge in [-0.1, -0.05) is 6.42 Å². The van der Waals surface area contributed by atoms with E-state index in [1.807, 2.05) is 7.05 Å². The van der Waals surface area contributed by atoms with E-state index in [1.165, 1.54) is 12.8 Å². The number of rotatable bonds is 8. The second kappa shape index (κ2) is 8.97. The summed E-state index contributed by atoms with van der Waals surface area (Å²) in [5, 5.41) is 3.12. The van der Waals surface area contributed by atoms with Crippen LogP contribution in [-0.4, -0.2) is 26.2 Å². The minimum absolute atomic E-state index is 0.366. The number of hydrogen-bond acceptors (Lipinski definition) is 3. The molecule has 1 unspecified atom stereocenters. The molecule has 0 aliphatic rings. The summed E-state index contributed by atoms with van der Waals surface area (Å²) in [7, 11) is 1.98. The van der Waals surface area contributed by atoms with Gasteiger partial charge in [0, 0.05) is 6.04 Å². The van der Waals surface area contributed by atoms with Crippen LogP contribution in [0.4, 0.5) is 0 Å². The first kappa shape index (κ1) is 11.9. The van der Waals surface area contributed by atoms with Crippen molar-refractivity contribution in [2.75, 3.05) is 20.1 Å². The molecule has 0 bridgehead atoms. The van der Waals surface area contributed by atoms with Gasteiger partial charge in [-0.3, -0.25) is 0 Å². The molecular formula is C9H23N3. The maximum atomic E-state index is 5.87. The first-order chi connectivity index (χ1) is 5.81. The normalized spacial score (nSPS) is 13.2. The van der Waals surface area contributed by atoms with E-state index in [0.29, 0.717) is 6.04 Å². The molecule has 0 heterocycles. The summed E-state index contributed by atoms with van der Waals surface area (Å²) in [6.07, 6.45) is 5.74. The van der Waals surface area contributed by atoms with Gasteiger partial charge in [0.1, 0.15) is 0 Å².